The molecule has 3 aliphatic rings. The molecule has 0 fully saturated rings. The van der Waals surface area contributed by atoms with Crippen molar-refractivity contribution in [3.8, 4) is 11.5 Å². The molecule has 0 radical (unpaired) electrons. The van der Waals surface area contributed by atoms with Crippen molar-refractivity contribution in [1.82, 2.24) is 4.58 Å². The highest BCUT2D eigenvalue weighted by Gasteiger charge is 2.36. The van der Waals surface area contributed by atoms with Gasteiger partial charge in [-0.3, -0.25) is 0 Å². The van der Waals surface area contributed by atoms with E-state index in [1.165, 1.54) is 11.1 Å². The van der Waals surface area contributed by atoms with Crippen molar-refractivity contribution in [1.29, 1.82) is 0 Å². The van der Waals surface area contributed by atoms with Crippen LogP contribution in [0.4, 0.5) is 5.69 Å². The van der Waals surface area contributed by atoms with Crippen molar-refractivity contribution in [3.63, 3.8) is 0 Å². The summed E-state index contributed by atoms with van der Waals surface area (Å²) in [5, 5.41) is 12.3. The Morgan fingerprint density at radius 3 is 2.27 bits per heavy atom. The van der Waals surface area contributed by atoms with Crippen LogP contribution in [0, 0.1) is 0 Å². The Balaban J connectivity index is 1.77. The Hall–Kier alpha value is -4.12. The third-order valence-corrected chi connectivity index (χ3v) is 8.98. The topological polar surface area (TPSA) is 52.8 Å². The van der Waals surface area contributed by atoms with Gasteiger partial charge in [-0.15, -0.1) is 0 Å². The first-order valence-corrected chi connectivity index (χ1v) is 14.6. The van der Waals surface area contributed by atoms with E-state index in [0.29, 0.717) is 5.56 Å². The fraction of sp³-hybridized carbons (Fsp3) is 0.333. The molecule has 0 aliphatic carbocycles. The minimum absolute atomic E-state index is 0.134. The lowest BCUT2D eigenvalue weighted by molar-refractivity contribution is 0.0696. The van der Waals surface area contributed by atoms with Gasteiger partial charge < -0.3 is 14.7 Å². The third-order valence-electron chi connectivity index (χ3n) is 8.98. The molecule has 5 nitrogen and oxygen atoms in total. The van der Waals surface area contributed by atoms with E-state index in [2.05, 4.69) is 101 Å². The molecule has 6 rings (SSSR count). The fourth-order valence-corrected chi connectivity index (χ4v) is 7.37. The number of hydrogen-bond donors (Lipinski definition) is 1. The third kappa shape index (κ3) is 4.05. The molecule has 0 bridgehead atoms. The quantitative estimate of drug-likeness (QED) is 0.298. The number of nitrogens with zero attached hydrogens (tertiary/aromatic N) is 2. The summed E-state index contributed by atoms with van der Waals surface area (Å²) in [6.07, 6.45) is 4.64. The molecule has 41 heavy (non-hydrogen) atoms. The number of carbonyl (C=O) groups is 1. The van der Waals surface area contributed by atoms with Crippen molar-refractivity contribution in [2.24, 2.45) is 0 Å². The van der Waals surface area contributed by atoms with Gasteiger partial charge >= 0.3 is 5.97 Å². The number of ether oxygens (including phenoxy) is 1. The molecule has 3 aliphatic heterocycles. The van der Waals surface area contributed by atoms with Crippen molar-refractivity contribution in [2.75, 3.05) is 18.0 Å². The zero-order valence-electron chi connectivity index (χ0n) is 25.3. The summed E-state index contributed by atoms with van der Waals surface area (Å²) in [4.78, 5) is 14.9. The number of hydrogen-bond acceptors (Lipinski definition) is 3. The molecule has 0 amide bonds. The maximum atomic E-state index is 12.5. The molecule has 0 aromatic heterocycles. The Morgan fingerprint density at radius 1 is 0.878 bits per heavy atom. The van der Waals surface area contributed by atoms with Crippen molar-refractivity contribution in [3.05, 3.63) is 99.1 Å². The molecule has 210 valence electrons. The predicted octanol–water partition coefficient (Wildman–Crippen LogP) is 6.47. The lowest BCUT2D eigenvalue weighted by Crippen LogP contribution is -2.49. The number of fused-ring (bicyclic) bond motifs is 4. The predicted molar refractivity (Wildman–Crippen MR) is 167 cm³/mol. The minimum Gasteiger partial charge on any atom is -0.478 e. The Labute approximate surface area is 242 Å². The lowest BCUT2D eigenvalue weighted by atomic mass is 9.83. The summed E-state index contributed by atoms with van der Waals surface area (Å²) in [5.74, 6) is 0.560. The highest BCUT2D eigenvalue weighted by atomic mass is 16.5. The second kappa shape index (κ2) is 9.20. The van der Waals surface area contributed by atoms with Crippen molar-refractivity contribution in [2.45, 2.75) is 66.5 Å². The van der Waals surface area contributed by atoms with E-state index in [-0.39, 0.29) is 16.6 Å². The average molecular weight is 548 g/mol. The summed E-state index contributed by atoms with van der Waals surface area (Å²) in [7, 11) is 0. The number of benzene rings is 3. The van der Waals surface area contributed by atoms with Crippen LogP contribution in [0.2, 0.25) is 0 Å². The molecule has 0 atom stereocenters. The molecule has 3 heterocycles. The van der Waals surface area contributed by atoms with E-state index in [9.17, 15) is 9.90 Å². The summed E-state index contributed by atoms with van der Waals surface area (Å²) >= 11 is 0. The molecule has 0 saturated heterocycles. The number of aromatic carboxylic acids is 1. The first-order valence-electron chi connectivity index (χ1n) is 14.6. The van der Waals surface area contributed by atoms with Gasteiger partial charge in [-0.05, 0) is 82.5 Å². The summed E-state index contributed by atoms with van der Waals surface area (Å²) < 4.78 is 9.20. The Morgan fingerprint density at radius 2 is 1.59 bits per heavy atom. The van der Waals surface area contributed by atoms with Gasteiger partial charge in [-0.1, -0.05) is 24.3 Å². The SMILES string of the molecule is CCN1c2cc3c(cc2C(C)=CC1(C)C)C(c1ccccc1C(=O)O)=c1cc2c(cc1O3)=[N+](CC)C(C)(C)C=C2C. The standard InChI is InChI=1S/C36H38N2O3/c1-9-37-29-17-31-27(15-25(29)21(3)19-35(37,5)6)33(23-13-11-12-14-24(23)34(39)40)28-16-26-22(4)20-36(7,8)38(10-2)30(26)18-32(28)41-31/h11-20H,9-10H2,1-8H3/p+1. The normalized spacial score (nSPS) is 17.9. The number of carboxylic acid groups (broad SMARTS) is 1. The highest BCUT2D eigenvalue weighted by molar-refractivity contribution is 5.99. The van der Waals surface area contributed by atoms with Crippen LogP contribution in [0.25, 0.3) is 16.7 Å². The fourth-order valence-electron chi connectivity index (χ4n) is 7.37. The van der Waals surface area contributed by atoms with Crippen molar-refractivity contribution < 1.29 is 14.6 Å². The largest absolute Gasteiger partial charge is 0.478 e. The molecular weight excluding hydrogens is 508 g/mol. The maximum Gasteiger partial charge on any atom is 0.336 e. The second-order valence-electron chi connectivity index (χ2n) is 12.5. The van der Waals surface area contributed by atoms with Crippen LogP contribution >= 0.6 is 0 Å². The molecule has 3 aromatic carbocycles. The number of carboxylic acids is 1. The van der Waals surface area contributed by atoms with Gasteiger partial charge in [-0.25, -0.2) is 9.37 Å². The number of likely N-dealkylation sites (N-methyl/N-ethyl adjacent to an activating group) is 2. The van der Waals surface area contributed by atoms with E-state index < -0.39 is 5.97 Å². The smallest absolute Gasteiger partial charge is 0.336 e. The number of anilines is 1. The Kier molecular flexibility index (Phi) is 6.07. The summed E-state index contributed by atoms with van der Waals surface area (Å²) in [5.41, 5.74) is 8.37. The molecule has 3 aromatic rings. The van der Waals surface area contributed by atoms with Gasteiger partial charge in [0.25, 0.3) is 0 Å². The zero-order valence-corrected chi connectivity index (χ0v) is 25.3. The van der Waals surface area contributed by atoms with E-state index in [4.69, 9.17) is 4.74 Å². The second-order valence-corrected chi connectivity index (χ2v) is 12.5. The molecule has 0 spiro atoms. The average Bonchev–Trinajstić information content (AvgIpc) is 2.89. The molecule has 0 saturated carbocycles. The lowest BCUT2D eigenvalue weighted by Gasteiger charge is -2.43. The van der Waals surface area contributed by atoms with E-state index in [1.54, 1.807) is 12.1 Å². The molecule has 5 heteroatoms. The monoisotopic (exact) mass is 547 g/mol. The van der Waals surface area contributed by atoms with Crippen LogP contribution in [0.3, 0.4) is 0 Å². The maximum absolute atomic E-state index is 12.5. The Bertz CT molecular complexity index is 1840. The molecule has 0 unspecified atom stereocenters. The summed E-state index contributed by atoms with van der Waals surface area (Å²) in [6, 6.07) is 16.0. The van der Waals surface area contributed by atoms with Gasteiger partial charge in [-0.2, -0.15) is 0 Å². The summed E-state index contributed by atoms with van der Waals surface area (Å²) in [6.45, 7) is 19.4. The zero-order chi connectivity index (χ0) is 29.4. The first kappa shape index (κ1) is 27.1. The molecular formula is C36H39N2O3+. The van der Waals surface area contributed by atoms with Crippen LogP contribution in [-0.4, -0.2) is 35.2 Å². The van der Waals surface area contributed by atoms with Crippen molar-refractivity contribution >= 4 is 28.4 Å². The van der Waals surface area contributed by atoms with Gasteiger partial charge in [0.05, 0.1) is 17.2 Å². The van der Waals surface area contributed by atoms with Gasteiger partial charge in [0.2, 0.25) is 5.36 Å². The number of rotatable bonds is 4. The first-order chi connectivity index (χ1) is 19.4. The van der Waals surface area contributed by atoms with Crippen LogP contribution in [0.15, 0.2) is 60.7 Å². The minimum atomic E-state index is -0.941. The van der Waals surface area contributed by atoms with E-state index in [1.807, 2.05) is 12.1 Å². The van der Waals surface area contributed by atoms with Gasteiger partial charge in [0.1, 0.15) is 18.0 Å². The van der Waals surface area contributed by atoms with Crippen LogP contribution < -0.4 is 24.8 Å². The van der Waals surface area contributed by atoms with Crippen LogP contribution in [0.1, 0.15) is 88.0 Å². The molecule has 1 N–H and O–H groups in total. The van der Waals surface area contributed by atoms with E-state index in [0.717, 1.165) is 63.1 Å². The number of allylic oxidation sites excluding steroid dienone is 2. The van der Waals surface area contributed by atoms with Crippen LogP contribution in [0.5, 0.6) is 11.5 Å². The van der Waals surface area contributed by atoms with Gasteiger partial charge in [0.15, 0.2) is 5.54 Å². The van der Waals surface area contributed by atoms with Crippen LogP contribution in [-0.2, 0) is 0 Å². The highest BCUT2D eigenvalue weighted by Crippen LogP contribution is 2.46. The van der Waals surface area contributed by atoms with Gasteiger partial charge in [0, 0.05) is 59.6 Å². The van der Waals surface area contributed by atoms with E-state index >= 15 is 0 Å².